The molecular formula is C17H25BF3NO3. The van der Waals surface area contributed by atoms with Crippen molar-refractivity contribution in [1.29, 1.82) is 0 Å². The van der Waals surface area contributed by atoms with Crippen LogP contribution in [0.5, 0.6) is 5.88 Å². The molecule has 4 nitrogen and oxygen atoms in total. The van der Waals surface area contributed by atoms with Crippen LogP contribution in [0.3, 0.4) is 0 Å². The van der Waals surface area contributed by atoms with Gasteiger partial charge in [-0.1, -0.05) is 20.8 Å². The van der Waals surface area contributed by atoms with E-state index in [0.717, 1.165) is 0 Å². The van der Waals surface area contributed by atoms with Crippen molar-refractivity contribution in [3.63, 3.8) is 0 Å². The average molecular weight is 359 g/mol. The Kier molecular flexibility index (Phi) is 4.94. The van der Waals surface area contributed by atoms with Gasteiger partial charge in [-0.05, 0) is 39.2 Å². The Morgan fingerprint density at radius 2 is 1.56 bits per heavy atom. The van der Waals surface area contributed by atoms with Gasteiger partial charge in [-0.2, -0.15) is 13.2 Å². The van der Waals surface area contributed by atoms with E-state index >= 15 is 0 Å². The van der Waals surface area contributed by atoms with E-state index < -0.39 is 31.1 Å². The highest BCUT2D eigenvalue weighted by atomic mass is 19.4. The maximum atomic E-state index is 12.5. The highest BCUT2D eigenvalue weighted by Crippen LogP contribution is 2.37. The van der Waals surface area contributed by atoms with Crippen molar-refractivity contribution in [3.8, 4) is 5.88 Å². The summed E-state index contributed by atoms with van der Waals surface area (Å²) in [5, 5.41) is 0. The first-order chi connectivity index (χ1) is 11.1. The van der Waals surface area contributed by atoms with Crippen molar-refractivity contribution < 1.29 is 27.2 Å². The van der Waals surface area contributed by atoms with Gasteiger partial charge in [0.15, 0.2) is 6.61 Å². The number of ether oxygens (including phenoxy) is 1. The normalized spacial score (nSPS) is 20.0. The molecule has 0 N–H and O–H groups in total. The molecule has 1 aliphatic heterocycles. The third-order valence-corrected chi connectivity index (χ3v) is 4.50. The van der Waals surface area contributed by atoms with E-state index in [1.165, 1.54) is 6.07 Å². The molecule has 1 aliphatic rings. The number of aromatic nitrogens is 1. The Hall–Kier alpha value is -1.28. The van der Waals surface area contributed by atoms with Crippen molar-refractivity contribution in [1.82, 2.24) is 4.98 Å². The number of alkyl halides is 3. The molecule has 1 aromatic heterocycles. The molecule has 2 heterocycles. The molecule has 0 bridgehead atoms. The van der Waals surface area contributed by atoms with Crippen LogP contribution in [0.4, 0.5) is 13.2 Å². The van der Waals surface area contributed by atoms with E-state index in [-0.39, 0.29) is 11.3 Å². The molecular weight excluding hydrogens is 334 g/mol. The fraction of sp³-hybridized carbons (Fsp3) is 0.706. The summed E-state index contributed by atoms with van der Waals surface area (Å²) in [7, 11) is -0.692. The molecule has 8 heteroatoms. The molecule has 0 unspecified atom stereocenters. The van der Waals surface area contributed by atoms with Crippen molar-refractivity contribution in [2.24, 2.45) is 0 Å². The zero-order chi connectivity index (χ0) is 19.3. The summed E-state index contributed by atoms with van der Waals surface area (Å²) in [5.74, 6) is -0.0885. The second-order valence-corrected chi connectivity index (χ2v) is 8.37. The maximum Gasteiger partial charge on any atom is 0.495 e. The predicted molar refractivity (Wildman–Crippen MR) is 90.2 cm³/mol. The standard InChI is InChI=1S/C17H25BF3NO3/c1-14(2,3)12-8-11(9-13(22-12)23-10-17(19,20)21)18-24-15(4,5)16(6,7)25-18/h8-9H,10H2,1-7H3. The van der Waals surface area contributed by atoms with E-state index in [4.69, 9.17) is 14.0 Å². The van der Waals surface area contributed by atoms with E-state index in [1.807, 2.05) is 48.5 Å². The van der Waals surface area contributed by atoms with Gasteiger partial charge >= 0.3 is 13.3 Å². The number of rotatable bonds is 3. The quantitative estimate of drug-likeness (QED) is 0.773. The van der Waals surface area contributed by atoms with Crippen LogP contribution in [0.25, 0.3) is 0 Å². The fourth-order valence-corrected chi connectivity index (χ4v) is 2.25. The second kappa shape index (κ2) is 6.16. The zero-order valence-corrected chi connectivity index (χ0v) is 15.7. The summed E-state index contributed by atoms with van der Waals surface area (Å²) >= 11 is 0. The molecule has 0 spiro atoms. The third-order valence-electron chi connectivity index (χ3n) is 4.50. The zero-order valence-electron chi connectivity index (χ0n) is 15.7. The van der Waals surface area contributed by atoms with Crippen molar-refractivity contribution >= 4 is 12.6 Å². The number of hydrogen-bond donors (Lipinski definition) is 0. The van der Waals surface area contributed by atoms with E-state index in [9.17, 15) is 13.2 Å². The SMILES string of the molecule is CC(C)(C)c1cc(B2OC(C)(C)C(C)(C)O2)cc(OCC(F)(F)F)n1. The first-order valence-corrected chi connectivity index (χ1v) is 8.18. The molecule has 2 rings (SSSR count). The lowest BCUT2D eigenvalue weighted by molar-refractivity contribution is -0.154. The first-order valence-electron chi connectivity index (χ1n) is 8.18. The predicted octanol–water partition coefficient (Wildman–Crippen LogP) is 3.62. The topological polar surface area (TPSA) is 40.6 Å². The molecule has 0 radical (unpaired) electrons. The summed E-state index contributed by atoms with van der Waals surface area (Å²) in [4.78, 5) is 4.22. The Labute approximate surface area is 147 Å². The molecule has 0 aliphatic carbocycles. The molecule has 1 fully saturated rings. The lowest BCUT2D eigenvalue weighted by Crippen LogP contribution is -2.41. The van der Waals surface area contributed by atoms with Crippen molar-refractivity contribution in [2.75, 3.05) is 6.61 Å². The molecule has 1 saturated heterocycles. The van der Waals surface area contributed by atoms with Crippen molar-refractivity contribution in [3.05, 3.63) is 17.8 Å². The summed E-state index contributed by atoms with van der Waals surface area (Å²) in [6, 6.07) is 3.24. The van der Waals surface area contributed by atoms with Crippen LogP contribution in [0.1, 0.15) is 54.2 Å². The van der Waals surface area contributed by atoms with Crippen LogP contribution in [-0.4, -0.2) is 36.1 Å². The summed E-state index contributed by atoms with van der Waals surface area (Å²) < 4.78 is 54.3. The van der Waals surface area contributed by atoms with Crippen LogP contribution in [0, 0.1) is 0 Å². The van der Waals surface area contributed by atoms with E-state index in [1.54, 1.807) is 6.07 Å². The van der Waals surface area contributed by atoms with Gasteiger partial charge in [-0.3, -0.25) is 0 Å². The Morgan fingerprint density at radius 1 is 1.04 bits per heavy atom. The minimum Gasteiger partial charge on any atom is -0.468 e. The summed E-state index contributed by atoms with van der Waals surface area (Å²) in [5.41, 5.74) is -0.255. The van der Waals surface area contributed by atoms with Crippen LogP contribution in [0.15, 0.2) is 12.1 Å². The fourth-order valence-electron chi connectivity index (χ4n) is 2.25. The smallest absolute Gasteiger partial charge is 0.468 e. The average Bonchev–Trinajstić information content (AvgIpc) is 2.63. The maximum absolute atomic E-state index is 12.5. The Morgan fingerprint density at radius 3 is 2.00 bits per heavy atom. The van der Waals surface area contributed by atoms with Crippen molar-refractivity contribution in [2.45, 2.75) is 71.3 Å². The van der Waals surface area contributed by atoms with Gasteiger partial charge in [0.25, 0.3) is 0 Å². The van der Waals surface area contributed by atoms with Gasteiger partial charge in [-0.15, -0.1) is 0 Å². The molecule has 1 aromatic rings. The highest BCUT2D eigenvalue weighted by Gasteiger charge is 2.52. The molecule has 25 heavy (non-hydrogen) atoms. The second-order valence-electron chi connectivity index (χ2n) is 8.37. The van der Waals surface area contributed by atoms with E-state index in [0.29, 0.717) is 11.2 Å². The monoisotopic (exact) mass is 359 g/mol. The largest absolute Gasteiger partial charge is 0.495 e. The highest BCUT2D eigenvalue weighted by molar-refractivity contribution is 6.62. The summed E-state index contributed by atoms with van der Waals surface area (Å²) in [6.45, 7) is 12.1. The molecule has 0 amide bonds. The van der Waals surface area contributed by atoms with Gasteiger partial charge in [0.1, 0.15) is 0 Å². The van der Waals surface area contributed by atoms with Gasteiger partial charge < -0.3 is 14.0 Å². The number of hydrogen-bond acceptors (Lipinski definition) is 4. The Bertz CT molecular complexity index is 623. The number of pyridine rings is 1. The number of nitrogens with zero attached hydrogens (tertiary/aromatic N) is 1. The molecule has 0 atom stereocenters. The van der Waals surface area contributed by atoms with Crippen LogP contribution in [0.2, 0.25) is 0 Å². The Balaban J connectivity index is 2.38. The van der Waals surface area contributed by atoms with Gasteiger partial charge in [-0.25, -0.2) is 4.98 Å². The first kappa shape index (κ1) is 20.0. The lowest BCUT2D eigenvalue weighted by Gasteiger charge is -2.32. The third kappa shape index (κ3) is 4.67. The molecule has 140 valence electrons. The molecule has 0 saturated carbocycles. The summed E-state index contributed by atoms with van der Waals surface area (Å²) in [6.07, 6.45) is -4.43. The van der Waals surface area contributed by atoms with Crippen LogP contribution < -0.4 is 10.2 Å². The minimum atomic E-state index is -4.43. The lowest BCUT2D eigenvalue weighted by atomic mass is 9.77. The number of halogens is 3. The van der Waals surface area contributed by atoms with E-state index in [2.05, 4.69) is 4.98 Å². The van der Waals surface area contributed by atoms with Gasteiger partial charge in [0, 0.05) is 17.2 Å². The van der Waals surface area contributed by atoms with Gasteiger partial charge in [0.05, 0.1) is 11.2 Å². The minimum absolute atomic E-state index is 0.0885. The van der Waals surface area contributed by atoms with Crippen LogP contribution >= 0.6 is 0 Å². The van der Waals surface area contributed by atoms with Crippen LogP contribution in [-0.2, 0) is 14.7 Å². The molecule has 0 aromatic carbocycles. The van der Waals surface area contributed by atoms with Gasteiger partial charge in [0.2, 0.25) is 5.88 Å².